The molecular formula is C16H23FN2O3. The number of halogens is 1. The van der Waals surface area contributed by atoms with E-state index in [0.717, 1.165) is 25.9 Å². The standard InChI is InChI=1S/C16H23FN2O3/c1-21-11-16(5-7-18-8-6-16)10-19-15(20)13-4-3-12(22-2)9-14(13)17/h3-4,9,18H,5-8,10-11H2,1-2H3,(H,19,20). The van der Waals surface area contributed by atoms with E-state index in [1.54, 1.807) is 13.2 Å². The molecule has 0 atom stereocenters. The smallest absolute Gasteiger partial charge is 0.254 e. The highest BCUT2D eigenvalue weighted by Crippen LogP contribution is 2.28. The Labute approximate surface area is 130 Å². The Hall–Kier alpha value is -1.66. The van der Waals surface area contributed by atoms with Gasteiger partial charge in [-0.3, -0.25) is 4.79 Å². The van der Waals surface area contributed by atoms with Gasteiger partial charge in [0.05, 0.1) is 19.3 Å². The summed E-state index contributed by atoms with van der Waals surface area (Å²) in [6.07, 6.45) is 1.85. The summed E-state index contributed by atoms with van der Waals surface area (Å²) in [5.74, 6) is -0.597. The van der Waals surface area contributed by atoms with Gasteiger partial charge < -0.3 is 20.1 Å². The van der Waals surface area contributed by atoms with Crippen LogP contribution in [-0.4, -0.2) is 46.4 Å². The third kappa shape index (κ3) is 3.96. The molecule has 1 aromatic carbocycles. The normalized spacial score (nSPS) is 17.0. The molecule has 122 valence electrons. The van der Waals surface area contributed by atoms with Crippen LogP contribution in [0.2, 0.25) is 0 Å². The van der Waals surface area contributed by atoms with Crippen LogP contribution in [0.4, 0.5) is 4.39 Å². The molecule has 2 rings (SSSR count). The molecule has 0 radical (unpaired) electrons. The fourth-order valence-corrected chi connectivity index (χ4v) is 2.81. The number of nitrogens with one attached hydrogen (secondary N) is 2. The molecule has 1 amide bonds. The number of carbonyl (C=O) groups is 1. The van der Waals surface area contributed by atoms with Crippen molar-refractivity contribution < 1.29 is 18.7 Å². The number of amides is 1. The summed E-state index contributed by atoms with van der Waals surface area (Å²) in [5, 5.41) is 6.14. The molecule has 0 aliphatic carbocycles. The second-order valence-electron chi connectivity index (χ2n) is 5.71. The summed E-state index contributed by atoms with van der Waals surface area (Å²) in [5.41, 5.74) is -0.0548. The molecule has 0 unspecified atom stereocenters. The molecule has 1 aliphatic heterocycles. The Morgan fingerprint density at radius 3 is 2.68 bits per heavy atom. The van der Waals surface area contributed by atoms with Crippen molar-refractivity contribution >= 4 is 5.91 Å². The summed E-state index contributed by atoms with van der Waals surface area (Å²) >= 11 is 0. The molecule has 1 aromatic rings. The van der Waals surface area contributed by atoms with Gasteiger partial charge in [0.1, 0.15) is 11.6 Å². The molecule has 0 saturated carbocycles. The van der Waals surface area contributed by atoms with E-state index in [0.29, 0.717) is 18.9 Å². The predicted molar refractivity (Wildman–Crippen MR) is 81.7 cm³/mol. The molecule has 0 bridgehead atoms. The number of piperidine rings is 1. The number of carbonyl (C=O) groups excluding carboxylic acids is 1. The monoisotopic (exact) mass is 310 g/mol. The second kappa shape index (κ2) is 7.56. The Balaban J connectivity index is 2.01. The maximum atomic E-state index is 13.9. The van der Waals surface area contributed by atoms with Crippen LogP contribution >= 0.6 is 0 Å². The van der Waals surface area contributed by atoms with E-state index in [2.05, 4.69) is 10.6 Å². The topological polar surface area (TPSA) is 59.6 Å². The first kappa shape index (κ1) is 16.7. The lowest BCUT2D eigenvalue weighted by molar-refractivity contribution is 0.0511. The maximum Gasteiger partial charge on any atom is 0.254 e. The van der Waals surface area contributed by atoms with Gasteiger partial charge in [-0.25, -0.2) is 4.39 Å². The van der Waals surface area contributed by atoms with E-state index in [1.165, 1.54) is 19.2 Å². The van der Waals surface area contributed by atoms with Crippen LogP contribution in [0.25, 0.3) is 0 Å². The van der Waals surface area contributed by atoms with Gasteiger partial charge in [-0.15, -0.1) is 0 Å². The highest BCUT2D eigenvalue weighted by atomic mass is 19.1. The van der Waals surface area contributed by atoms with Crippen molar-refractivity contribution in [2.24, 2.45) is 5.41 Å². The number of methoxy groups -OCH3 is 2. The van der Waals surface area contributed by atoms with Crippen LogP contribution in [-0.2, 0) is 4.74 Å². The number of rotatable bonds is 6. The van der Waals surface area contributed by atoms with Gasteiger partial charge in [-0.05, 0) is 38.1 Å². The quantitative estimate of drug-likeness (QED) is 0.837. The van der Waals surface area contributed by atoms with Gasteiger partial charge in [0, 0.05) is 25.1 Å². The Kier molecular flexibility index (Phi) is 5.74. The van der Waals surface area contributed by atoms with Gasteiger partial charge in [0.25, 0.3) is 5.91 Å². The Bertz CT molecular complexity index is 511. The molecule has 5 nitrogen and oxygen atoms in total. The Morgan fingerprint density at radius 1 is 1.36 bits per heavy atom. The van der Waals surface area contributed by atoms with Gasteiger partial charge in [0.15, 0.2) is 0 Å². The predicted octanol–water partition coefficient (Wildman–Crippen LogP) is 1.58. The lowest BCUT2D eigenvalue weighted by Crippen LogP contribution is -2.47. The van der Waals surface area contributed by atoms with Crippen molar-refractivity contribution in [3.63, 3.8) is 0 Å². The van der Waals surface area contributed by atoms with E-state index in [-0.39, 0.29) is 11.0 Å². The van der Waals surface area contributed by atoms with Crippen LogP contribution in [0.5, 0.6) is 5.75 Å². The van der Waals surface area contributed by atoms with Gasteiger partial charge in [0.2, 0.25) is 0 Å². The molecule has 1 fully saturated rings. The first-order chi connectivity index (χ1) is 10.6. The van der Waals surface area contributed by atoms with Crippen molar-refractivity contribution in [3.05, 3.63) is 29.6 Å². The summed E-state index contributed by atoms with van der Waals surface area (Å²) in [7, 11) is 3.12. The largest absolute Gasteiger partial charge is 0.497 e. The van der Waals surface area contributed by atoms with Crippen molar-refractivity contribution in [3.8, 4) is 5.75 Å². The third-order valence-corrected chi connectivity index (χ3v) is 4.16. The first-order valence-corrected chi connectivity index (χ1v) is 7.42. The van der Waals surface area contributed by atoms with E-state index in [1.807, 2.05) is 0 Å². The van der Waals surface area contributed by atoms with Gasteiger partial charge >= 0.3 is 0 Å². The minimum atomic E-state index is -0.581. The SMILES string of the molecule is COCC1(CNC(=O)c2ccc(OC)cc2F)CCNCC1. The lowest BCUT2D eigenvalue weighted by atomic mass is 9.79. The molecule has 22 heavy (non-hydrogen) atoms. The summed E-state index contributed by atoms with van der Waals surface area (Å²) in [4.78, 5) is 12.2. The molecule has 1 heterocycles. The van der Waals surface area contributed by atoms with E-state index in [4.69, 9.17) is 9.47 Å². The minimum absolute atomic E-state index is 0.0299. The molecule has 1 aliphatic rings. The van der Waals surface area contributed by atoms with Crippen molar-refractivity contribution in [2.45, 2.75) is 12.8 Å². The van der Waals surface area contributed by atoms with Crippen molar-refractivity contribution in [1.29, 1.82) is 0 Å². The van der Waals surface area contributed by atoms with E-state index < -0.39 is 11.7 Å². The van der Waals surface area contributed by atoms with Crippen LogP contribution in [0.3, 0.4) is 0 Å². The number of hydrogen-bond donors (Lipinski definition) is 2. The average Bonchev–Trinajstić information content (AvgIpc) is 2.54. The van der Waals surface area contributed by atoms with E-state index in [9.17, 15) is 9.18 Å². The van der Waals surface area contributed by atoms with E-state index >= 15 is 0 Å². The maximum absolute atomic E-state index is 13.9. The second-order valence-corrected chi connectivity index (χ2v) is 5.71. The number of ether oxygens (including phenoxy) is 2. The minimum Gasteiger partial charge on any atom is -0.497 e. The van der Waals surface area contributed by atoms with Gasteiger partial charge in [-0.2, -0.15) is 0 Å². The zero-order chi connectivity index (χ0) is 16.0. The highest BCUT2D eigenvalue weighted by molar-refractivity contribution is 5.94. The highest BCUT2D eigenvalue weighted by Gasteiger charge is 2.32. The van der Waals surface area contributed by atoms with Crippen LogP contribution in [0.15, 0.2) is 18.2 Å². The van der Waals surface area contributed by atoms with Crippen molar-refractivity contribution in [1.82, 2.24) is 10.6 Å². The molecule has 0 spiro atoms. The lowest BCUT2D eigenvalue weighted by Gasteiger charge is -2.37. The third-order valence-electron chi connectivity index (χ3n) is 4.16. The molecule has 2 N–H and O–H groups in total. The fourth-order valence-electron chi connectivity index (χ4n) is 2.81. The van der Waals surface area contributed by atoms with Crippen molar-refractivity contribution in [2.75, 3.05) is 40.5 Å². The summed E-state index contributed by atoms with van der Waals surface area (Å²) < 4.78 is 24.2. The van der Waals surface area contributed by atoms with Crippen LogP contribution in [0.1, 0.15) is 23.2 Å². The molecular weight excluding hydrogens is 287 g/mol. The van der Waals surface area contributed by atoms with Gasteiger partial charge in [-0.1, -0.05) is 0 Å². The average molecular weight is 310 g/mol. The number of benzene rings is 1. The summed E-state index contributed by atoms with van der Waals surface area (Å²) in [6.45, 7) is 2.86. The molecule has 6 heteroatoms. The fraction of sp³-hybridized carbons (Fsp3) is 0.562. The van der Waals surface area contributed by atoms with Crippen LogP contribution < -0.4 is 15.4 Å². The molecule has 1 saturated heterocycles. The van der Waals surface area contributed by atoms with Crippen LogP contribution in [0, 0.1) is 11.2 Å². The Morgan fingerprint density at radius 2 is 2.09 bits per heavy atom. The zero-order valence-corrected chi connectivity index (χ0v) is 13.1. The molecule has 0 aromatic heterocycles. The number of hydrogen-bond acceptors (Lipinski definition) is 4. The first-order valence-electron chi connectivity index (χ1n) is 7.42. The zero-order valence-electron chi connectivity index (χ0n) is 13.1. The summed E-state index contributed by atoms with van der Waals surface area (Å²) in [6, 6.07) is 4.23.